The van der Waals surface area contributed by atoms with E-state index in [0.29, 0.717) is 5.02 Å². The van der Waals surface area contributed by atoms with Crippen molar-refractivity contribution in [2.45, 2.75) is 0 Å². The number of benzene rings is 2. The van der Waals surface area contributed by atoms with Crippen molar-refractivity contribution in [2.24, 2.45) is 0 Å². The molecule has 0 aliphatic heterocycles. The van der Waals surface area contributed by atoms with Crippen molar-refractivity contribution in [3.8, 4) is 17.2 Å². The summed E-state index contributed by atoms with van der Waals surface area (Å²) in [4.78, 5) is 0. The van der Waals surface area contributed by atoms with Crippen molar-refractivity contribution in [3.05, 3.63) is 58.6 Å². The molecule has 17 heavy (non-hydrogen) atoms. The van der Waals surface area contributed by atoms with Crippen molar-refractivity contribution in [1.29, 1.82) is 5.26 Å². The lowest BCUT2D eigenvalue weighted by Gasteiger charge is -2.06. The van der Waals surface area contributed by atoms with E-state index in [4.69, 9.17) is 16.9 Å². The lowest BCUT2D eigenvalue weighted by Crippen LogP contribution is -1.90. The monoisotopic (exact) mass is 249 g/mol. The predicted octanol–water partition coefficient (Wildman–Crippen LogP) is 4.16. The topological polar surface area (TPSA) is 23.8 Å². The van der Waals surface area contributed by atoms with Gasteiger partial charge in [0.15, 0.2) is 0 Å². The molecule has 0 amide bonds. The predicted molar refractivity (Wildman–Crippen MR) is 61.5 cm³/mol. The first kappa shape index (κ1) is 11.6. The Balaban J connectivity index is 2.72. The van der Waals surface area contributed by atoms with Gasteiger partial charge in [-0.25, -0.2) is 8.78 Å². The van der Waals surface area contributed by atoms with Crippen molar-refractivity contribution in [1.82, 2.24) is 0 Å². The molecule has 0 bridgehead atoms. The summed E-state index contributed by atoms with van der Waals surface area (Å²) in [5.41, 5.74) is 0.522. The third-order valence-corrected chi connectivity index (χ3v) is 2.56. The molecule has 84 valence electrons. The molecule has 2 rings (SSSR count). The summed E-state index contributed by atoms with van der Waals surface area (Å²) < 4.78 is 26.7. The number of hydrogen-bond donors (Lipinski definition) is 0. The second-order valence-electron chi connectivity index (χ2n) is 3.43. The average molecular weight is 250 g/mol. The van der Waals surface area contributed by atoms with E-state index < -0.39 is 11.6 Å². The molecule has 2 aromatic rings. The summed E-state index contributed by atoms with van der Waals surface area (Å²) in [6, 6.07) is 9.42. The fourth-order valence-corrected chi connectivity index (χ4v) is 1.71. The first-order valence-corrected chi connectivity index (χ1v) is 5.14. The molecule has 0 saturated heterocycles. The molecule has 1 nitrogen and oxygen atoms in total. The maximum absolute atomic E-state index is 13.6. The van der Waals surface area contributed by atoms with Crippen LogP contribution in [0.1, 0.15) is 5.56 Å². The van der Waals surface area contributed by atoms with E-state index in [-0.39, 0.29) is 16.7 Å². The van der Waals surface area contributed by atoms with E-state index in [1.807, 2.05) is 6.07 Å². The van der Waals surface area contributed by atoms with Gasteiger partial charge in [0.2, 0.25) is 0 Å². The van der Waals surface area contributed by atoms with E-state index >= 15 is 0 Å². The molecule has 0 atom stereocenters. The Kier molecular flexibility index (Phi) is 3.08. The second kappa shape index (κ2) is 4.52. The van der Waals surface area contributed by atoms with Gasteiger partial charge in [-0.2, -0.15) is 5.26 Å². The van der Waals surface area contributed by atoms with Gasteiger partial charge < -0.3 is 0 Å². The van der Waals surface area contributed by atoms with Gasteiger partial charge in [0.1, 0.15) is 11.6 Å². The maximum Gasteiger partial charge on any atom is 0.131 e. The Morgan fingerprint density at radius 1 is 1.00 bits per heavy atom. The van der Waals surface area contributed by atoms with Gasteiger partial charge >= 0.3 is 0 Å². The van der Waals surface area contributed by atoms with Crippen LogP contribution in [0.2, 0.25) is 5.02 Å². The van der Waals surface area contributed by atoms with E-state index in [1.54, 1.807) is 0 Å². The molecule has 0 unspecified atom stereocenters. The van der Waals surface area contributed by atoms with Gasteiger partial charge in [-0.15, -0.1) is 0 Å². The van der Waals surface area contributed by atoms with Crippen LogP contribution in [-0.2, 0) is 0 Å². The normalized spacial score (nSPS) is 10.0. The second-order valence-corrected chi connectivity index (χ2v) is 3.86. The number of halogens is 3. The highest BCUT2D eigenvalue weighted by Crippen LogP contribution is 2.29. The number of nitriles is 1. The van der Waals surface area contributed by atoms with E-state index in [9.17, 15) is 8.78 Å². The molecule has 0 aliphatic rings. The van der Waals surface area contributed by atoms with Crippen molar-refractivity contribution in [3.63, 3.8) is 0 Å². The van der Waals surface area contributed by atoms with Crippen molar-refractivity contribution in [2.75, 3.05) is 0 Å². The minimum Gasteiger partial charge on any atom is -0.207 e. The molecular formula is C13H6ClF2N. The minimum absolute atomic E-state index is 0.119. The van der Waals surface area contributed by atoms with Gasteiger partial charge in [-0.1, -0.05) is 11.6 Å². The summed E-state index contributed by atoms with van der Waals surface area (Å²) in [7, 11) is 0. The van der Waals surface area contributed by atoms with E-state index in [2.05, 4.69) is 0 Å². The zero-order chi connectivity index (χ0) is 12.4. The van der Waals surface area contributed by atoms with Crippen molar-refractivity contribution >= 4 is 11.6 Å². The van der Waals surface area contributed by atoms with Crippen LogP contribution in [0.15, 0.2) is 36.4 Å². The van der Waals surface area contributed by atoms with Crippen LogP contribution in [0.4, 0.5) is 8.78 Å². The molecule has 0 spiro atoms. The Labute approximate surface area is 102 Å². The SMILES string of the molecule is N#Cc1ccc(F)cc1-c1cc(Cl)ccc1F. The number of nitrogens with zero attached hydrogens (tertiary/aromatic N) is 1. The number of hydrogen-bond acceptors (Lipinski definition) is 1. The highest BCUT2D eigenvalue weighted by atomic mass is 35.5. The smallest absolute Gasteiger partial charge is 0.131 e. The fraction of sp³-hybridized carbons (Fsp3) is 0. The molecule has 0 radical (unpaired) electrons. The van der Waals surface area contributed by atoms with Crippen LogP contribution in [0.25, 0.3) is 11.1 Å². The maximum atomic E-state index is 13.6. The molecular weight excluding hydrogens is 244 g/mol. The Morgan fingerprint density at radius 2 is 1.76 bits per heavy atom. The molecule has 2 aromatic carbocycles. The first-order chi connectivity index (χ1) is 8.11. The molecule has 0 aliphatic carbocycles. The van der Waals surface area contributed by atoms with Gasteiger partial charge in [0, 0.05) is 16.1 Å². The van der Waals surface area contributed by atoms with E-state index in [1.165, 1.54) is 24.3 Å². The van der Waals surface area contributed by atoms with Crippen LogP contribution in [0.5, 0.6) is 0 Å². The highest BCUT2D eigenvalue weighted by molar-refractivity contribution is 6.30. The van der Waals surface area contributed by atoms with Crippen LogP contribution in [0, 0.1) is 23.0 Å². The largest absolute Gasteiger partial charge is 0.207 e. The Morgan fingerprint density at radius 3 is 2.47 bits per heavy atom. The van der Waals surface area contributed by atoms with Gasteiger partial charge in [-0.05, 0) is 36.4 Å². The summed E-state index contributed by atoms with van der Waals surface area (Å²) >= 11 is 5.76. The number of rotatable bonds is 1. The molecule has 0 N–H and O–H groups in total. The molecule has 0 aromatic heterocycles. The molecule has 0 saturated carbocycles. The minimum atomic E-state index is -0.545. The third kappa shape index (κ3) is 2.27. The van der Waals surface area contributed by atoms with Crippen LogP contribution in [-0.4, -0.2) is 0 Å². The van der Waals surface area contributed by atoms with Gasteiger partial charge in [0.25, 0.3) is 0 Å². The lowest BCUT2D eigenvalue weighted by molar-refractivity contribution is 0.624. The zero-order valence-electron chi connectivity index (χ0n) is 8.55. The van der Waals surface area contributed by atoms with Gasteiger partial charge in [-0.3, -0.25) is 0 Å². The zero-order valence-corrected chi connectivity index (χ0v) is 9.30. The molecule has 0 fully saturated rings. The van der Waals surface area contributed by atoms with Crippen LogP contribution in [0.3, 0.4) is 0 Å². The summed E-state index contributed by atoms with van der Waals surface area (Å²) in [5.74, 6) is -1.07. The highest BCUT2D eigenvalue weighted by Gasteiger charge is 2.11. The fourth-order valence-electron chi connectivity index (χ4n) is 1.54. The molecule has 4 heteroatoms. The summed E-state index contributed by atoms with van der Waals surface area (Å²) in [6.45, 7) is 0. The standard InChI is InChI=1S/C13H6ClF2N/c14-9-2-4-13(16)12(5-9)11-6-10(15)3-1-8(11)7-17/h1-6H. The first-order valence-electron chi connectivity index (χ1n) is 4.77. The van der Waals surface area contributed by atoms with Crippen LogP contribution >= 0.6 is 11.6 Å². The van der Waals surface area contributed by atoms with Crippen molar-refractivity contribution < 1.29 is 8.78 Å². The third-order valence-electron chi connectivity index (χ3n) is 2.32. The van der Waals surface area contributed by atoms with Gasteiger partial charge in [0.05, 0.1) is 11.6 Å². The van der Waals surface area contributed by atoms with E-state index in [0.717, 1.165) is 12.1 Å². The summed E-state index contributed by atoms with van der Waals surface area (Å²) in [5, 5.41) is 9.23. The van der Waals surface area contributed by atoms with Crippen LogP contribution < -0.4 is 0 Å². The molecule has 0 heterocycles. The lowest BCUT2D eigenvalue weighted by atomic mass is 10.00. The Bertz CT molecular complexity index is 617. The summed E-state index contributed by atoms with van der Waals surface area (Å²) in [6.07, 6.45) is 0. The average Bonchev–Trinajstić information content (AvgIpc) is 2.32. The Hall–Kier alpha value is -1.92. The quantitative estimate of drug-likeness (QED) is 0.745.